The van der Waals surface area contributed by atoms with E-state index in [0.29, 0.717) is 18.7 Å². The molecule has 2 aromatic carbocycles. The monoisotopic (exact) mass is 519 g/mol. The summed E-state index contributed by atoms with van der Waals surface area (Å²) in [7, 11) is 1.55. The minimum absolute atomic E-state index is 0.0192. The molecule has 0 radical (unpaired) electrons. The molecule has 9 heteroatoms. The van der Waals surface area contributed by atoms with Crippen LogP contribution in [0.5, 0.6) is 0 Å². The maximum Gasteiger partial charge on any atom is 0.269 e. The average Bonchev–Trinajstić information content (AvgIpc) is 3.39. The lowest BCUT2D eigenvalue weighted by molar-refractivity contribution is -0.384. The summed E-state index contributed by atoms with van der Waals surface area (Å²) in [5, 5.41) is 12.9. The average molecular weight is 520 g/mol. The Labute approximate surface area is 219 Å². The molecule has 0 saturated carbocycles. The summed E-state index contributed by atoms with van der Waals surface area (Å²) < 4.78 is 5.18. The zero-order chi connectivity index (χ0) is 26.4. The zero-order valence-corrected chi connectivity index (χ0v) is 21.6. The van der Waals surface area contributed by atoms with E-state index in [0.717, 1.165) is 23.1 Å². The van der Waals surface area contributed by atoms with Gasteiger partial charge in [-0.25, -0.2) is 0 Å². The van der Waals surface area contributed by atoms with Crippen molar-refractivity contribution in [1.29, 1.82) is 0 Å². The van der Waals surface area contributed by atoms with E-state index in [9.17, 15) is 19.7 Å². The fourth-order valence-electron chi connectivity index (χ4n) is 4.40. The molecular formula is C28H29N3O5S. The van der Waals surface area contributed by atoms with Crippen molar-refractivity contribution in [1.82, 2.24) is 9.80 Å². The summed E-state index contributed by atoms with van der Waals surface area (Å²) in [6, 6.07) is 16.0. The third-order valence-electron chi connectivity index (χ3n) is 6.40. The van der Waals surface area contributed by atoms with Gasteiger partial charge in [-0.15, -0.1) is 11.3 Å². The highest BCUT2D eigenvalue weighted by atomic mass is 32.1. The van der Waals surface area contributed by atoms with E-state index in [4.69, 9.17) is 4.74 Å². The van der Waals surface area contributed by atoms with E-state index >= 15 is 0 Å². The van der Waals surface area contributed by atoms with Gasteiger partial charge in [-0.05, 0) is 59.7 Å². The molecule has 8 nitrogen and oxygen atoms in total. The first-order valence-corrected chi connectivity index (χ1v) is 12.9. The number of fused-ring (bicyclic) bond motifs is 1. The van der Waals surface area contributed by atoms with Crippen LogP contribution in [0.1, 0.15) is 33.2 Å². The molecule has 0 saturated heterocycles. The Morgan fingerprint density at radius 1 is 1.16 bits per heavy atom. The molecule has 0 fully saturated rings. The van der Waals surface area contributed by atoms with E-state index in [1.54, 1.807) is 36.7 Å². The number of amides is 2. The molecule has 0 spiro atoms. The Bertz CT molecular complexity index is 1280. The van der Waals surface area contributed by atoms with Crippen molar-refractivity contribution in [2.75, 3.05) is 33.4 Å². The second-order valence-corrected chi connectivity index (χ2v) is 9.88. The topological polar surface area (TPSA) is 93.0 Å². The number of carbonyl (C=O) groups is 2. The van der Waals surface area contributed by atoms with Crippen LogP contribution in [0.15, 0.2) is 66.1 Å². The molecule has 0 N–H and O–H groups in total. The van der Waals surface area contributed by atoms with Gasteiger partial charge in [-0.3, -0.25) is 19.7 Å². The van der Waals surface area contributed by atoms with Crippen LogP contribution in [0.4, 0.5) is 5.69 Å². The van der Waals surface area contributed by atoms with Gasteiger partial charge in [0.25, 0.3) is 5.69 Å². The molecule has 1 aromatic heterocycles. The number of rotatable bonds is 9. The number of non-ortho nitro benzene ring substituents is 1. The summed E-state index contributed by atoms with van der Waals surface area (Å²) in [5.74, 6) is -0.459. The molecule has 0 bridgehead atoms. The third kappa shape index (κ3) is 6.31. The minimum atomic E-state index is -0.472. The highest BCUT2D eigenvalue weighted by Gasteiger charge is 2.33. The van der Waals surface area contributed by atoms with Gasteiger partial charge in [-0.2, -0.15) is 0 Å². The number of thiophene rings is 1. The molecule has 2 amide bonds. The van der Waals surface area contributed by atoms with E-state index in [1.165, 1.54) is 28.0 Å². The number of nitro benzene ring substituents is 1. The van der Waals surface area contributed by atoms with Gasteiger partial charge in [0.15, 0.2) is 0 Å². The smallest absolute Gasteiger partial charge is 0.269 e. The summed E-state index contributed by atoms with van der Waals surface area (Å²) in [6.07, 6.45) is 3.76. The van der Waals surface area contributed by atoms with Crippen molar-refractivity contribution >= 4 is 34.9 Å². The van der Waals surface area contributed by atoms with E-state index in [1.807, 2.05) is 11.8 Å². The second kappa shape index (κ2) is 11.9. The van der Waals surface area contributed by atoms with E-state index in [-0.39, 0.29) is 36.6 Å². The first kappa shape index (κ1) is 26.2. The van der Waals surface area contributed by atoms with Gasteiger partial charge in [-0.1, -0.05) is 29.8 Å². The van der Waals surface area contributed by atoms with Crippen molar-refractivity contribution in [3.8, 4) is 0 Å². The van der Waals surface area contributed by atoms with Crippen LogP contribution in [0.3, 0.4) is 0 Å². The van der Waals surface area contributed by atoms with Crippen LogP contribution in [-0.2, 0) is 20.7 Å². The first-order valence-electron chi connectivity index (χ1n) is 12.0. The Balaban J connectivity index is 1.52. The highest BCUT2D eigenvalue weighted by molar-refractivity contribution is 7.10. The van der Waals surface area contributed by atoms with E-state index < -0.39 is 4.92 Å². The van der Waals surface area contributed by atoms with Crippen molar-refractivity contribution in [3.05, 3.63) is 103 Å². The molecule has 0 aliphatic carbocycles. The molecule has 1 unspecified atom stereocenters. The predicted molar refractivity (Wildman–Crippen MR) is 143 cm³/mol. The third-order valence-corrected chi connectivity index (χ3v) is 7.40. The molecule has 37 heavy (non-hydrogen) atoms. The molecule has 1 aliphatic heterocycles. The summed E-state index contributed by atoms with van der Waals surface area (Å²) in [6.45, 7) is 3.09. The maximum atomic E-state index is 13.6. The number of hydrogen-bond acceptors (Lipinski definition) is 6. The largest absolute Gasteiger partial charge is 0.383 e. The fourth-order valence-corrected chi connectivity index (χ4v) is 5.30. The summed E-state index contributed by atoms with van der Waals surface area (Å²) in [4.78, 5) is 41.7. The number of nitro groups is 1. The highest BCUT2D eigenvalue weighted by Crippen LogP contribution is 2.38. The molecule has 192 valence electrons. The van der Waals surface area contributed by atoms with Crippen LogP contribution in [0.2, 0.25) is 0 Å². The predicted octanol–water partition coefficient (Wildman–Crippen LogP) is 4.63. The van der Waals surface area contributed by atoms with Gasteiger partial charge >= 0.3 is 0 Å². The molecule has 1 atom stereocenters. The zero-order valence-electron chi connectivity index (χ0n) is 20.8. The Kier molecular flexibility index (Phi) is 8.47. The number of ether oxygens (including phenoxy) is 1. The number of carbonyl (C=O) groups excluding carboxylic acids is 2. The van der Waals surface area contributed by atoms with Gasteiger partial charge in [0.05, 0.1) is 17.6 Å². The minimum Gasteiger partial charge on any atom is -0.383 e. The Morgan fingerprint density at radius 3 is 2.57 bits per heavy atom. The molecular weight excluding hydrogens is 490 g/mol. The van der Waals surface area contributed by atoms with Crippen LogP contribution < -0.4 is 0 Å². The molecule has 1 aliphatic rings. The summed E-state index contributed by atoms with van der Waals surface area (Å²) >= 11 is 1.71. The summed E-state index contributed by atoms with van der Waals surface area (Å²) in [5.41, 5.74) is 3.97. The first-order chi connectivity index (χ1) is 17.9. The van der Waals surface area contributed by atoms with E-state index in [2.05, 4.69) is 35.7 Å². The second-order valence-electron chi connectivity index (χ2n) is 8.88. The Morgan fingerprint density at radius 2 is 1.89 bits per heavy atom. The number of benzene rings is 2. The van der Waals surface area contributed by atoms with Gasteiger partial charge in [0, 0.05) is 43.3 Å². The number of aryl methyl sites for hydroxylation is 1. The molecule has 2 heterocycles. The van der Waals surface area contributed by atoms with Gasteiger partial charge in [0.2, 0.25) is 11.8 Å². The van der Waals surface area contributed by atoms with Gasteiger partial charge < -0.3 is 14.5 Å². The van der Waals surface area contributed by atoms with Crippen molar-refractivity contribution < 1.29 is 19.2 Å². The number of nitrogens with zero attached hydrogens (tertiary/aromatic N) is 3. The van der Waals surface area contributed by atoms with Crippen LogP contribution in [0.25, 0.3) is 6.08 Å². The quantitative estimate of drug-likeness (QED) is 0.234. The lowest BCUT2D eigenvalue weighted by Gasteiger charge is -2.37. The standard InChI is InChI=1S/C28H29N3O5S/c1-20-3-8-22(9-4-20)28-24-14-18-37-25(24)13-15-30(28)27(33)19-29(16-17-36-2)26(32)12-7-21-5-10-23(11-6-21)31(34)35/h3-12,14,18,28H,13,15-17,19H2,1-2H3/b12-7+. The lowest BCUT2D eigenvalue weighted by atomic mass is 9.92. The lowest BCUT2D eigenvalue weighted by Crippen LogP contribution is -2.47. The SMILES string of the molecule is COCCN(CC(=O)N1CCc2sccc2C1c1ccc(C)cc1)C(=O)/C=C/c1ccc([N+](=O)[O-])cc1. The number of methoxy groups -OCH3 is 1. The molecule has 3 aromatic rings. The van der Waals surface area contributed by atoms with Crippen LogP contribution >= 0.6 is 11.3 Å². The van der Waals surface area contributed by atoms with Crippen molar-refractivity contribution in [3.63, 3.8) is 0 Å². The van der Waals surface area contributed by atoms with Crippen LogP contribution in [0, 0.1) is 17.0 Å². The Hall–Kier alpha value is -3.82. The maximum absolute atomic E-state index is 13.6. The van der Waals surface area contributed by atoms with Crippen molar-refractivity contribution in [2.24, 2.45) is 0 Å². The normalized spacial score (nSPS) is 15.0. The number of hydrogen-bond donors (Lipinski definition) is 0. The fraction of sp³-hybridized carbons (Fsp3) is 0.286. The van der Waals surface area contributed by atoms with Crippen molar-refractivity contribution in [2.45, 2.75) is 19.4 Å². The van der Waals surface area contributed by atoms with Crippen LogP contribution in [-0.4, -0.2) is 59.9 Å². The molecule has 4 rings (SSSR count). The van der Waals surface area contributed by atoms with Gasteiger partial charge in [0.1, 0.15) is 6.54 Å².